The van der Waals surface area contributed by atoms with Gasteiger partial charge in [-0.15, -0.1) is 0 Å². The molecule has 0 amide bonds. The number of carbonyl (C=O) groups is 1. The first kappa shape index (κ1) is 11.9. The minimum absolute atomic E-state index is 0.155. The second kappa shape index (κ2) is 5.14. The zero-order chi connectivity index (χ0) is 11.5. The van der Waals surface area contributed by atoms with Gasteiger partial charge in [0.1, 0.15) is 6.04 Å². The van der Waals surface area contributed by atoms with Crippen LogP contribution in [0.15, 0.2) is 30.3 Å². The summed E-state index contributed by atoms with van der Waals surface area (Å²) in [5, 5.41) is 9.13. The molecule has 1 saturated heterocycles. The number of aliphatic carboxylic acids is 1. The molecule has 4 heteroatoms. The van der Waals surface area contributed by atoms with Crippen molar-refractivity contribution in [3.63, 3.8) is 0 Å². The molecule has 1 heterocycles. The molecular formula is C12H14INO2. The summed E-state index contributed by atoms with van der Waals surface area (Å²) < 4.78 is 0.155. The number of rotatable bonds is 3. The van der Waals surface area contributed by atoms with Gasteiger partial charge in [-0.2, -0.15) is 0 Å². The molecule has 3 nitrogen and oxygen atoms in total. The topological polar surface area (TPSA) is 40.5 Å². The number of carboxylic acid groups (broad SMARTS) is 1. The first-order valence-corrected chi connectivity index (χ1v) is 6.62. The van der Waals surface area contributed by atoms with Crippen LogP contribution in [0.1, 0.15) is 22.5 Å². The zero-order valence-corrected chi connectivity index (χ0v) is 11.0. The molecule has 1 aliphatic heterocycles. The van der Waals surface area contributed by atoms with E-state index in [1.165, 1.54) is 5.56 Å². The normalized spacial score (nSPS) is 23.2. The SMILES string of the molecule is O=C(O)C1CCCN1C(I)c1ccccc1. The highest BCUT2D eigenvalue weighted by atomic mass is 127. The van der Waals surface area contributed by atoms with Crippen LogP contribution in [0.4, 0.5) is 0 Å². The molecule has 1 aliphatic rings. The zero-order valence-electron chi connectivity index (χ0n) is 8.84. The lowest BCUT2D eigenvalue weighted by atomic mass is 10.2. The van der Waals surface area contributed by atoms with E-state index in [1.54, 1.807) is 0 Å². The van der Waals surface area contributed by atoms with E-state index in [4.69, 9.17) is 5.11 Å². The van der Waals surface area contributed by atoms with Gasteiger partial charge in [0.15, 0.2) is 0 Å². The molecule has 2 unspecified atom stereocenters. The Morgan fingerprint density at radius 3 is 2.75 bits per heavy atom. The van der Waals surface area contributed by atoms with Crippen LogP contribution in [0.2, 0.25) is 0 Å². The Hall–Kier alpha value is -0.620. The summed E-state index contributed by atoms with van der Waals surface area (Å²) in [6, 6.07) is 9.75. The number of carboxylic acids is 1. The van der Waals surface area contributed by atoms with Crippen LogP contribution in [0.5, 0.6) is 0 Å². The molecule has 0 bridgehead atoms. The standard InChI is InChI=1S/C12H14INO2/c13-11(9-5-2-1-3-6-9)14-8-4-7-10(14)12(15)16/h1-3,5-6,10-11H,4,7-8H2,(H,15,16). The van der Waals surface area contributed by atoms with Gasteiger partial charge in [-0.3, -0.25) is 9.69 Å². The monoisotopic (exact) mass is 331 g/mol. The Morgan fingerprint density at radius 1 is 1.44 bits per heavy atom. The number of hydrogen-bond acceptors (Lipinski definition) is 2. The molecule has 0 saturated carbocycles. The van der Waals surface area contributed by atoms with Gasteiger partial charge in [0, 0.05) is 6.54 Å². The summed E-state index contributed by atoms with van der Waals surface area (Å²) in [7, 11) is 0. The lowest BCUT2D eigenvalue weighted by molar-refractivity contribution is -0.142. The average molecular weight is 331 g/mol. The predicted octanol–water partition coefficient (Wildman–Crippen LogP) is 2.67. The van der Waals surface area contributed by atoms with Crippen molar-refractivity contribution in [1.29, 1.82) is 0 Å². The second-order valence-electron chi connectivity index (χ2n) is 3.98. The Morgan fingerprint density at radius 2 is 2.12 bits per heavy atom. The highest BCUT2D eigenvalue weighted by Gasteiger charge is 2.34. The van der Waals surface area contributed by atoms with E-state index >= 15 is 0 Å². The van der Waals surface area contributed by atoms with E-state index < -0.39 is 5.97 Å². The maximum absolute atomic E-state index is 11.1. The summed E-state index contributed by atoms with van der Waals surface area (Å²) in [5.74, 6) is -0.699. The second-order valence-corrected chi connectivity index (χ2v) is 5.16. The number of likely N-dealkylation sites (tertiary alicyclic amines) is 1. The van der Waals surface area contributed by atoms with Crippen LogP contribution in [-0.4, -0.2) is 28.6 Å². The van der Waals surface area contributed by atoms with Crippen LogP contribution in [0, 0.1) is 0 Å². The molecule has 0 spiro atoms. The van der Waals surface area contributed by atoms with Crippen LogP contribution >= 0.6 is 22.6 Å². The van der Waals surface area contributed by atoms with Crippen LogP contribution in [0.3, 0.4) is 0 Å². The molecular weight excluding hydrogens is 317 g/mol. The molecule has 0 aliphatic carbocycles. The number of nitrogens with zero attached hydrogens (tertiary/aromatic N) is 1. The van der Waals surface area contributed by atoms with Crippen molar-refractivity contribution in [2.24, 2.45) is 0 Å². The Kier molecular flexibility index (Phi) is 3.81. The highest BCUT2D eigenvalue weighted by Crippen LogP contribution is 2.34. The maximum Gasteiger partial charge on any atom is 0.320 e. The van der Waals surface area contributed by atoms with E-state index in [9.17, 15) is 4.79 Å². The quantitative estimate of drug-likeness (QED) is 0.526. The van der Waals surface area contributed by atoms with E-state index in [2.05, 4.69) is 27.5 Å². The third kappa shape index (κ3) is 2.38. The molecule has 2 rings (SSSR count). The van der Waals surface area contributed by atoms with Crippen molar-refractivity contribution in [2.45, 2.75) is 22.9 Å². The van der Waals surface area contributed by atoms with E-state index in [0.29, 0.717) is 0 Å². The Labute approximate surface area is 109 Å². The van der Waals surface area contributed by atoms with Crippen LogP contribution in [-0.2, 0) is 4.79 Å². The van der Waals surface area contributed by atoms with Gasteiger partial charge in [-0.05, 0) is 18.4 Å². The molecule has 16 heavy (non-hydrogen) atoms. The summed E-state index contributed by atoms with van der Waals surface area (Å²) in [4.78, 5) is 13.2. The third-order valence-corrected chi connectivity index (χ3v) is 4.38. The number of alkyl halides is 1. The smallest absolute Gasteiger partial charge is 0.320 e. The van der Waals surface area contributed by atoms with Crippen molar-refractivity contribution in [1.82, 2.24) is 4.90 Å². The number of benzene rings is 1. The molecule has 0 aromatic heterocycles. The number of halogens is 1. The molecule has 0 radical (unpaired) electrons. The summed E-state index contributed by atoms with van der Waals surface area (Å²) in [6.07, 6.45) is 1.74. The molecule has 1 fully saturated rings. The van der Waals surface area contributed by atoms with E-state index in [-0.39, 0.29) is 10.1 Å². The molecule has 1 N–H and O–H groups in total. The largest absolute Gasteiger partial charge is 0.480 e. The van der Waals surface area contributed by atoms with Gasteiger partial charge >= 0.3 is 5.97 Å². The highest BCUT2D eigenvalue weighted by molar-refractivity contribution is 14.1. The lowest BCUT2D eigenvalue weighted by Gasteiger charge is -2.27. The third-order valence-electron chi connectivity index (χ3n) is 2.95. The van der Waals surface area contributed by atoms with Gasteiger partial charge in [-0.25, -0.2) is 0 Å². The molecule has 86 valence electrons. The van der Waals surface area contributed by atoms with Crippen molar-refractivity contribution >= 4 is 28.6 Å². The van der Waals surface area contributed by atoms with Gasteiger partial charge in [0.2, 0.25) is 0 Å². The number of hydrogen-bond donors (Lipinski definition) is 1. The van der Waals surface area contributed by atoms with Gasteiger partial charge < -0.3 is 5.11 Å². The maximum atomic E-state index is 11.1. The van der Waals surface area contributed by atoms with Gasteiger partial charge in [0.05, 0.1) is 4.05 Å². The van der Waals surface area contributed by atoms with Crippen molar-refractivity contribution in [3.05, 3.63) is 35.9 Å². The van der Waals surface area contributed by atoms with Gasteiger partial charge in [0.25, 0.3) is 0 Å². The fourth-order valence-electron chi connectivity index (χ4n) is 2.13. The van der Waals surface area contributed by atoms with E-state index in [0.717, 1.165) is 19.4 Å². The summed E-state index contributed by atoms with van der Waals surface area (Å²) in [5.41, 5.74) is 1.18. The Balaban J connectivity index is 2.15. The first-order chi connectivity index (χ1) is 7.70. The molecule has 2 atom stereocenters. The molecule has 1 aromatic rings. The molecule has 1 aromatic carbocycles. The van der Waals surface area contributed by atoms with Gasteiger partial charge in [-0.1, -0.05) is 52.9 Å². The fraction of sp³-hybridized carbons (Fsp3) is 0.417. The van der Waals surface area contributed by atoms with Crippen LogP contribution < -0.4 is 0 Å². The van der Waals surface area contributed by atoms with Crippen molar-refractivity contribution in [3.8, 4) is 0 Å². The summed E-state index contributed by atoms with van der Waals surface area (Å²) >= 11 is 2.32. The van der Waals surface area contributed by atoms with Crippen LogP contribution in [0.25, 0.3) is 0 Å². The van der Waals surface area contributed by atoms with Crippen molar-refractivity contribution < 1.29 is 9.90 Å². The minimum Gasteiger partial charge on any atom is -0.480 e. The first-order valence-electron chi connectivity index (χ1n) is 5.37. The fourth-order valence-corrected chi connectivity index (χ4v) is 3.21. The van der Waals surface area contributed by atoms with Crippen molar-refractivity contribution in [2.75, 3.05) is 6.54 Å². The van der Waals surface area contributed by atoms with E-state index in [1.807, 2.05) is 30.3 Å². The Bertz CT molecular complexity index is 369. The minimum atomic E-state index is -0.699. The lowest BCUT2D eigenvalue weighted by Crippen LogP contribution is -2.36. The summed E-state index contributed by atoms with van der Waals surface area (Å²) in [6.45, 7) is 0.874. The predicted molar refractivity (Wildman–Crippen MR) is 70.6 cm³/mol. The average Bonchev–Trinajstić information content (AvgIpc) is 2.78.